The van der Waals surface area contributed by atoms with E-state index in [1.54, 1.807) is 0 Å². The molecular weight excluding hydrogens is 270 g/mol. The number of piperidine rings is 1. The topological polar surface area (TPSA) is 84.7 Å². The van der Waals surface area contributed by atoms with Gasteiger partial charge in [0.05, 0.1) is 13.7 Å². The van der Waals surface area contributed by atoms with Crippen molar-refractivity contribution in [1.82, 2.24) is 10.2 Å². The Morgan fingerprint density at radius 3 is 2.57 bits per heavy atom. The molecule has 2 aliphatic rings. The third kappa shape index (κ3) is 5.28. The zero-order chi connectivity index (χ0) is 15.2. The van der Waals surface area contributed by atoms with Crippen LogP contribution >= 0.6 is 0 Å². The van der Waals surface area contributed by atoms with Gasteiger partial charge in [0.15, 0.2) is 0 Å². The lowest BCUT2D eigenvalue weighted by atomic mass is 9.91. The molecule has 1 heterocycles. The molecule has 120 valence electrons. The summed E-state index contributed by atoms with van der Waals surface area (Å²) in [5.74, 6) is -0.265. The van der Waals surface area contributed by atoms with E-state index in [-0.39, 0.29) is 24.3 Å². The van der Waals surface area contributed by atoms with Crippen LogP contribution in [-0.4, -0.2) is 55.6 Å². The lowest BCUT2D eigenvalue weighted by molar-refractivity contribution is -0.142. The summed E-state index contributed by atoms with van der Waals surface area (Å²) in [6.07, 6.45) is 6.42. The van der Waals surface area contributed by atoms with Gasteiger partial charge in [-0.15, -0.1) is 0 Å². The molecule has 1 saturated heterocycles. The van der Waals surface area contributed by atoms with Crippen LogP contribution in [0.25, 0.3) is 0 Å². The quantitative estimate of drug-likeness (QED) is 0.687. The van der Waals surface area contributed by atoms with Crippen LogP contribution in [0.3, 0.4) is 0 Å². The molecule has 6 heteroatoms. The van der Waals surface area contributed by atoms with Crippen LogP contribution in [0.5, 0.6) is 0 Å². The average Bonchev–Trinajstić information content (AvgIpc) is 2.90. The Kier molecular flexibility index (Phi) is 5.99. The first-order valence-electron chi connectivity index (χ1n) is 7.90. The van der Waals surface area contributed by atoms with Crippen molar-refractivity contribution in [1.29, 1.82) is 0 Å². The summed E-state index contributed by atoms with van der Waals surface area (Å²) >= 11 is 0. The smallest absolute Gasteiger partial charge is 0.305 e. The molecule has 2 atom stereocenters. The third-order valence-electron chi connectivity index (χ3n) is 4.50. The van der Waals surface area contributed by atoms with Gasteiger partial charge in [-0.3, -0.25) is 14.5 Å². The fourth-order valence-corrected chi connectivity index (χ4v) is 3.67. The number of rotatable bonds is 6. The number of methoxy groups -OCH3 is 1. The lowest BCUT2D eigenvalue weighted by Gasteiger charge is -2.38. The fourth-order valence-electron chi connectivity index (χ4n) is 3.67. The second-order valence-electron chi connectivity index (χ2n) is 6.39. The maximum Gasteiger partial charge on any atom is 0.305 e. The number of nitrogens with zero attached hydrogens (tertiary/aromatic N) is 1. The molecule has 1 aliphatic heterocycles. The number of hydrogen-bond acceptors (Lipinski definition) is 5. The summed E-state index contributed by atoms with van der Waals surface area (Å²) in [7, 11) is 1.42. The lowest BCUT2D eigenvalue weighted by Crippen LogP contribution is -2.53. The van der Waals surface area contributed by atoms with Gasteiger partial charge in [-0.1, -0.05) is 12.8 Å². The van der Waals surface area contributed by atoms with E-state index in [4.69, 9.17) is 10.5 Å². The molecule has 0 radical (unpaired) electrons. The van der Waals surface area contributed by atoms with E-state index in [2.05, 4.69) is 10.2 Å². The Morgan fingerprint density at radius 1 is 1.24 bits per heavy atom. The second kappa shape index (κ2) is 7.75. The third-order valence-corrected chi connectivity index (χ3v) is 4.50. The highest BCUT2D eigenvalue weighted by molar-refractivity contribution is 5.76. The van der Waals surface area contributed by atoms with E-state index in [9.17, 15) is 9.59 Å². The number of amides is 1. The van der Waals surface area contributed by atoms with Gasteiger partial charge >= 0.3 is 5.97 Å². The molecule has 0 aromatic heterocycles. The van der Waals surface area contributed by atoms with Gasteiger partial charge in [-0.05, 0) is 25.2 Å². The first-order chi connectivity index (χ1) is 10.1. The van der Waals surface area contributed by atoms with Crippen molar-refractivity contribution < 1.29 is 14.3 Å². The number of ether oxygens (including phenoxy) is 1. The van der Waals surface area contributed by atoms with Crippen LogP contribution in [-0.2, 0) is 14.3 Å². The molecule has 2 rings (SSSR count). The number of nitrogens with two attached hydrogens (primary N) is 1. The van der Waals surface area contributed by atoms with Gasteiger partial charge in [0, 0.05) is 31.6 Å². The molecule has 1 saturated carbocycles. The summed E-state index contributed by atoms with van der Waals surface area (Å²) in [5, 5.41) is 3.70. The van der Waals surface area contributed by atoms with Crippen LogP contribution in [0.15, 0.2) is 0 Å². The standard InChI is InChI=1S/C15H27N3O3/c1-21-15(20)7-11-6-13(17-12-4-2-3-5-12)9-18(8-11)10-14(16)19/h11-13,17H,2-10H2,1H3,(H2,16,19). The SMILES string of the molecule is COC(=O)CC1CC(NC2CCCC2)CN(CC(N)=O)C1. The maximum absolute atomic E-state index is 11.5. The minimum absolute atomic E-state index is 0.180. The predicted octanol–water partition coefficient (Wildman–Crippen LogP) is 0.258. The highest BCUT2D eigenvalue weighted by Gasteiger charge is 2.31. The van der Waals surface area contributed by atoms with Gasteiger partial charge in [0.1, 0.15) is 0 Å². The minimum atomic E-state index is -0.312. The largest absolute Gasteiger partial charge is 0.469 e. The normalized spacial score (nSPS) is 27.7. The number of carbonyl (C=O) groups is 2. The molecule has 1 aliphatic carbocycles. The van der Waals surface area contributed by atoms with Crippen molar-refractivity contribution in [3.8, 4) is 0 Å². The highest BCUT2D eigenvalue weighted by atomic mass is 16.5. The number of nitrogens with one attached hydrogen (secondary N) is 1. The Hall–Kier alpha value is -1.14. The molecule has 2 unspecified atom stereocenters. The number of likely N-dealkylation sites (tertiary alicyclic amines) is 1. The molecular formula is C15H27N3O3. The van der Waals surface area contributed by atoms with Crippen molar-refractivity contribution in [2.75, 3.05) is 26.7 Å². The summed E-state index contributed by atoms with van der Waals surface area (Å²) in [6, 6.07) is 0.915. The van der Waals surface area contributed by atoms with E-state index < -0.39 is 0 Å². The van der Waals surface area contributed by atoms with Gasteiger partial charge in [-0.2, -0.15) is 0 Å². The van der Waals surface area contributed by atoms with E-state index in [0.717, 1.165) is 19.5 Å². The van der Waals surface area contributed by atoms with Crippen LogP contribution in [0.1, 0.15) is 38.5 Å². The zero-order valence-corrected chi connectivity index (χ0v) is 12.8. The molecule has 2 fully saturated rings. The van der Waals surface area contributed by atoms with Crippen molar-refractivity contribution in [2.24, 2.45) is 11.7 Å². The predicted molar refractivity (Wildman–Crippen MR) is 79.6 cm³/mol. The van der Waals surface area contributed by atoms with Crippen LogP contribution in [0.4, 0.5) is 0 Å². The second-order valence-corrected chi connectivity index (χ2v) is 6.39. The van der Waals surface area contributed by atoms with Crippen LogP contribution < -0.4 is 11.1 Å². The number of hydrogen-bond donors (Lipinski definition) is 2. The Balaban J connectivity index is 1.91. The summed E-state index contributed by atoms with van der Waals surface area (Å²) < 4.78 is 4.77. The van der Waals surface area contributed by atoms with E-state index >= 15 is 0 Å². The summed E-state index contributed by atoms with van der Waals surface area (Å²) in [4.78, 5) is 24.7. The maximum atomic E-state index is 11.5. The first-order valence-corrected chi connectivity index (χ1v) is 7.90. The van der Waals surface area contributed by atoms with Gasteiger partial charge in [0.2, 0.25) is 5.91 Å². The molecule has 0 bridgehead atoms. The molecule has 6 nitrogen and oxygen atoms in total. The molecule has 0 spiro atoms. The fraction of sp³-hybridized carbons (Fsp3) is 0.867. The average molecular weight is 297 g/mol. The molecule has 0 aromatic rings. The Labute approximate surface area is 126 Å². The van der Waals surface area contributed by atoms with Crippen molar-refractivity contribution in [3.63, 3.8) is 0 Å². The molecule has 0 aromatic carbocycles. The van der Waals surface area contributed by atoms with Gasteiger partial charge in [0.25, 0.3) is 0 Å². The van der Waals surface area contributed by atoms with Crippen molar-refractivity contribution in [2.45, 2.75) is 50.6 Å². The van der Waals surface area contributed by atoms with E-state index in [1.807, 2.05) is 0 Å². The van der Waals surface area contributed by atoms with Gasteiger partial charge in [-0.25, -0.2) is 0 Å². The Morgan fingerprint density at radius 2 is 1.95 bits per heavy atom. The minimum Gasteiger partial charge on any atom is -0.469 e. The van der Waals surface area contributed by atoms with Crippen molar-refractivity contribution >= 4 is 11.9 Å². The van der Waals surface area contributed by atoms with Crippen LogP contribution in [0, 0.1) is 5.92 Å². The van der Waals surface area contributed by atoms with Gasteiger partial charge < -0.3 is 15.8 Å². The highest BCUT2D eigenvalue weighted by Crippen LogP contribution is 2.24. The number of carbonyl (C=O) groups excluding carboxylic acids is 2. The summed E-state index contributed by atoms with van der Waals surface area (Å²) in [5.41, 5.74) is 5.31. The zero-order valence-electron chi connectivity index (χ0n) is 12.8. The molecule has 1 amide bonds. The monoisotopic (exact) mass is 297 g/mol. The van der Waals surface area contributed by atoms with E-state index in [0.29, 0.717) is 18.5 Å². The number of primary amides is 1. The molecule has 3 N–H and O–H groups in total. The number of esters is 1. The summed E-state index contributed by atoms with van der Waals surface area (Å²) in [6.45, 7) is 1.83. The Bertz CT molecular complexity index is 369. The first kappa shape index (κ1) is 16.2. The molecule has 21 heavy (non-hydrogen) atoms. The van der Waals surface area contributed by atoms with E-state index in [1.165, 1.54) is 32.8 Å². The van der Waals surface area contributed by atoms with Crippen molar-refractivity contribution in [3.05, 3.63) is 0 Å². The van der Waals surface area contributed by atoms with Crippen LogP contribution in [0.2, 0.25) is 0 Å².